The fraction of sp³-hybridized carbons (Fsp3) is 0.778. The Kier molecular flexibility index (Phi) is 6.31. The molecule has 3 rings (SSSR count). The number of ether oxygens (including phenoxy) is 1. The summed E-state index contributed by atoms with van der Waals surface area (Å²) in [6.45, 7) is 11.0. The summed E-state index contributed by atoms with van der Waals surface area (Å²) in [7, 11) is 0. The number of aryl methyl sites for hydroxylation is 3. The summed E-state index contributed by atoms with van der Waals surface area (Å²) >= 11 is 0. The Morgan fingerprint density at radius 2 is 2.12 bits per heavy atom. The Balaban J connectivity index is 1.40. The van der Waals surface area contributed by atoms with Gasteiger partial charge in [-0.1, -0.05) is 0 Å². The zero-order valence-corrected chi connectivity index (χ0v) is 15.5. The highest BCUT2D eigenvalue weighted by molar-refractivity contribution is 5.74. The summed E-state index contributed by atoms with van der Waals surface area (Å²) in [5, 5.41) is 7.55. The number of carbonyl (C=O) groups excluding carboxylic acids is 1. The Morgan fingerprint density at radius 1 is 1.32 bits per heavy atom. The fourth-order valence-corrected chi connectivity index (χ4v) is 3.80. The molecule has 0 aliphatic carbocycles. The monoisotopic (exact) mass is 349 g/mol. The van der Waals surface area contributed by atoms with Crippen LogP contribution in [0.15, 0.2) is 6.07 Å². The number of hydrogen-bond acceptors (Lipinski definition) is 4. The van der Waals surface area contributed by atoms with E-state index in [1.165, 1.54) is 5.69 Å². The minimum atomic E-state index is 0.0872. The van der Waals surface area contributed by atoms with Gasteiger partial charge in [0.15, 0.2) is 0 Å². The van der Waals surface area contributed by atoms with Gasteiger partial charge in [-0.05, 0) is 39.2 Å². The van der Waals surface area contributed by atoms with Crippen LogP contribution in [0.2, 0.25) is 0 Å². The molecular weight excluding hydrogens is 318 g/mol. The number of aromatic nitrogens is 2. The molecule has 0 radical (unpaired) electrons. The zero-order valence-electron chi connectivity index (χ0n) is 15.5. The molecule has 25 heavy (non-hydrogen) atoms. The molecule has 2 aliphatic rings. The summed E-state index contributed by atoms with van der Waals surface area (Å²) < 4.78 is 7.42. The van der Waals surface area contributed by atoms with Gasteiger partial charge in [0.1, 0.15) is 0 Å². The molecule has 2 saturated heterocycles. The van der Waals surface area contributed by atoms with E-state index >= 15 is 0 Å². The molecule has 2 fully saturated rings. The smallest absolute Gasteiger partial charge is 0.317 e. The SMILES string of the molecule is Cc1cc(C)n(CCCNC(=O)N2CCC[C@@H]2CN2CCOCC2)n1. The number of hydrogen-bond donors (Lipinski definition) is 1. The van der Waals surface area contributed by atoms with Crippen LogP contribution in [0, 0.1) is 13.8 Å². The molecular formula is C18H31N5O2. The third-order valence-corrected chi connectivity index (χ3v) is 5.14. The summed E-state index contributed by atoms with van der Waals surface area (Å²) in [4.78, 5) is 17.0. The number of nitrogens with zero attached hydrogens (tertiary/aromatic N) is 4. The molecule has 7 nitrogen and oxygen atoms in total. The predicted octanol–water partition coefficient (Wildman–Crippen LogP) is 1.40. The highest BCUT2D eigenvalue weighted by Crippen LogP contribution is 2.18. The second kappa shape index (κ2) is 8.67. The number of morpholine rings is 1. The number of amides is 2. The Labute approximate surface area is 150 Å². The lowest BCUT2D eigenvalue weighted by atomic mass is 10.2. The fourth-order valence-electron chi connectivity index (χ4n) is 3.80. The maximum absolute atomic E-state index is 12.5. The summed E-state index contributed by atoms with van der Waals surface area (Å²) in [6, 6.07) is 2.51. The lowest BCUT2D eigenvalue weighted by molar-refractivity contribution is 0.0292. The van der Waals surface area contributed by atoms with E-state index in [-0.39, 0.29) is 6.03 Å². The van der Waals surface area contributed by atoms with Gasteiger partial charge >= 0.3 is 6.03 Å². The van der Waals surface area contributed by atoms with Crippen molar-refractivity contribution < 1.29 is 9.53 Å². The second-order valence-corrected chi connectivity index (χ2v) is 7.14. The van der Waals surface area contributed by atoms with E-state index in [1.807, 2.05) is 16.5 Å². The van der Waals surface area contributed by atoms with Crippen LogP contribution in [0.5, 0.6) is 0 Å². The zero-order chi connectivity index (χ0) is 17.6. The van der Waals surface area contributed by atoms with Gasteiger partial charge in [-0.3, -0.25) is 9.58 Å². The summed E-state index contributed by atoms with van der Waals surface area (Å²) in [5.41, 5.74) is 2.22. The van der Waals surface area contributed by atoms with Gasteiger partial charge in [0.2, 0.25) is 0 Å². The van der Waals surface area contributed by atoms with E-state index in [1.54, 1.807) is 0 Å². The number of urea groups is 1. The molecule has 0 aromatic carbocycles. The third-order valence-electron chi connectivity index (χ3n) is 5.14. The number of likely N-dealkylation sites (tertiary alicyclic amines) is 1. The maximum atomic E-state index is 12.5. The minimum absolute atomic E-state index is 0.0872. The van der Waals surface area contributed by atoms with Gasteiger partial charge in [0, 0.05) is 51.0 Å². The molecule has 0 unspecified atom stereocenters. The standard InChI is InChI=1S/C18H31N5O2/c1-15-13-16(2)23(20-15)8-4-6-19-18(24)22-7-3-5-17(22)14-21-9-11-25-12-10-21/h13,17H,3-12,14H2,1-2H3,(H,19,24)/t17-/m1/s1. The van der Waals surface area contributed by atoms with Gasteiger partial charge in [0.05, 0.1) is 18.9 Å². The van der Waals surface area contributed by atoms with E-state index in [2.05, 4.69) is 28.3 Å². The molecule has 1 N–H and O–H groups in total. The van der Waals surface area contributed by atoms with E-state index in [0.717, 1.165) is 70.9 Å². The molecule has 3 heterocycles. The molecule has 1 atom stereocenters. The molecule has 2 aliphatic heterocycles. The maximum Gasteiger partial charge on any atom is 0.317 e. The first-order valence-corrected chi connectivity index (χ1v) is 9.49. The van der Waals surface area contributed by atoms with Crippen molar-refractivity contribution in [1.29, 1.82) is 0 Å². The first kappa shape index (κ1) is 18.2. The average Bonchev–Trinajstić information content (AvgIpc) is 3.18. The van der Waals surface area contributed by atoms with Gasteiger partial charge < -0.3 is 15.0 Å². The Bertz CT molecular complexity index is 568. The van der Waals surface area contributed by atoms with Crippen LogP contribution in [-0.2, 0) is 11.3 Å². The predicted molar refractivity (Wildman–Crippen MR) is 96.7 cm³/mol. The van der Waals surface area contributed by atoms with E-state index in [0.29, 0.717) is 12.6 Å². The van der Waals surface area contributed by atoms with Crippen LogP contribution in [0.3, 0.4) is 0 Å². The van der Waals surface area contributed by atoms with Crippen LogP contribution in [0.25, 0.3) is 0 Å². The van der Waals surface area contributed by atoms with Crippen molar-refractivity contribution >= 4 is 6.03 Å². The second-order valence-electron chi connectivity index (χ2n) is 7.14. The van der Waals surface area contributed by atoms with E-state index in [9.17, 15) is 4.79 Å². The van der Waals surface area contributed by atoms with Gasteiger partial charge in [-0.15, -0.1) is 0 Å². The van der Waals surface area contributed by atoms with E-state index in [4.69, 9.17) is 4.74 Å². The van der Waals surface area contributed by atoms with Gasteiger partial charge in [-0.25, -0.2) is 4.79 Å². The molecule has 140 valence electrons. The van der Waals surface area contributed by atoms with Crippen molar-refractivity contribution in [3.8, 4) is 0 Å². The molecule has 1 aromatic rings. The first-order chi connectivity index (χ1) is 12.1. The first-order valence-electron chi connectivity index (χ1n) is 9.49. The van der Waals surface area contributed by atoms with Gasteiger partial charge in [0.25, 0.3) is 0 Å². The summed E-state index contributed by atoms with van der Waals surface area (Å²) in [5.74, 6) is 0. The van der Waals surface area contributed by atoms with Crippen LogP contribution < -0.4 is 5.32 Å². The lowest BCUT2D eigenvalue weighted by Gasteiger charge is -2.32. The molecule has 0 spiro atoms. The third kappa shape index (κ3) is 4.95. The highest BCUT2D eigenvalue weighted by atomic mass is 16.5. The highest BCUT2D eigenvalue weighted by Gasteiger charge is 2.30. The largest absolute Gasteiger partial charge is 0.379 e. The van der Waals surface area contributed by atoms with Crippen LogP contribution in [0.1, 0.15) is 30.7 Å². The molecule has 2 amide bonds. The van der Waals surface area contributed by atoms with Crippen molar-refractivity contribution in [2.75, 3.05) is 45.9 Å². The molecule has 0 bridgehead atoms. The van der Waals surface area contributed by atoms with Crippen LogP contribution in [-0.4, -0.2) is 77.6 Å². The number of carbonyl (C=O) groups is 1. The van der Waals surface area contributed by atoms with Crippen LogP contribution in [0.4, 0.5) is 4.79 Å². The molecule has 7 heteroatoms. The van der Waals surface area contributed by atoms with Crippen molar-refractivity contribution in [3.05, 3.63) is 17.5 Å². The van der Waals surface area contributed by atoms with Crippen molar-refractivity contribution in [3.63, 3.8) is 0 Å². The van der Waals surface area contributed by atoms with Crippen molar-refractivity contribution in [2.45, 2.75) is 45.7 Å². The van der Waals surface area contributed by atoms with E-state index < -0.39 is 0 Å². The van der Waals surface area contributed by atoms with Crippen LogP contribution >= 0.6 is 0 Å². The summed E-state index contributed by atoms with van der Waals surface area (Å²) in [6.07, 6.45) is 3.11. The van der Waals surface area contributed by atoms with Crippen molar-refractivity contribution in [2.24, 2.45) is 0 Å². The Hall–Kier alpha value is -1.60. The number of rotatable bonds is 6. The molecule has 1 aromatic heterocycles. The molecule has 0 saturated carbocycles. The normalized spacial score (nSPS) is 21.7. The quantitative estimate of drug-likeness (QED) is 0.789. The topological polar surface area (TPSA) is 62.6 Å². The Morgan fingerprint density at radius 3 is 2.84 bits per heavy atom. The number of nitrogens with one attached hydrogen (secondary N) is 1. The average molecular weight is 349 g/mol. The van der Waals surface area contributed by atoms with Gasteiger partial charge in [-0.2, -0.15) is 5.10 Å². The minimum Gasteiger partial charge on any atom is -0.379 e. The van der Waals surface area contributed by atoms with Crippen molar-refractivity contribution in [1.82, 2.24) is 24.9 Å². The lowest BCUT2D eigenvalue weighted by Crippen LogP contribution is -2.49.